The summed E-state index contributed by atoms with van der Waals surface area (Å²) >= 11 is 3.55. The lowest BCUT2D eigenvalue weighted by Gasteiger charge is -2.18. The Morgan fingerprint density at radius 3 is 2.27 bits per heavy atom. The maximum atomic E-state index is 12.8. The van der Waals surface area contributed by atoms with Gasteiger partial charge in [0.25, 0.3) is 5.91 Å². The van der Waals surface area contributed by atoms with Gasteiger partial charge in [-0.3, -0.25) is 9.69 Å². The van der Waals surface area contributed by atoms with E-state index < -0.39 is 0 Å². The molecule has 0 aromatic heterocycles. The molecular weight excluding hydrogens is 388 g/mol. The van der Waals surface area contributed by atoms with Crippen LogP contribution in [0.25, 0.3) is 10.8 Å². The van der Waals surface area contributed by atoms with Gasteiger partial charge in [-0.1, -0.05) is 66.2 Å². The van der Waals surface area contributed by atoms with E-state index in [-0.39, 0.29) is 5.91 Å². The molecule has 4 heteroatoms. The Labute approximate surface area is 163 Å². The Bertz CT molecular complexity index is 902. The average Bonchev–Trinajstić information content (AvgIpc) is 2.67. The topological polar surface area (TPSA) is 32.3 Å². The molecular formula is C22H23BrN2O. The van der Waals surface area contributed by atoms with Gasteiger partial charge in [0.2, 0.25) is 0 Å². The van der Waals surface area contributed by atoms with Gasteiger partial charge in [-0.25, -0.2) is 0 Å². The second-order valence-electron chi connectivity index (χ2n) is 6.25. The predicted molar refractivity (Wildman–Crippen MR) is 113 cm³/mol. The first-order chi connectivity index (χ1) is 12.6. The number of amides is 1. The van der Waals surface area contributed by atoms with Gasteiger partial charge < -0.3 is 5.32 Å². The van der Waals surface area contributed by atoms with Crippen molar-refractivity contribution in [2.75, 3.05) is 18.4 Å². The highest BCUT2D eigenvalue weighted by atomic mass is 79.9. The molecule has 0 bridgehead atoms. The fourth-order valence-corrected chi connectivity index (χ4v) is 3.57. The second kappa shape index (κ2) is 8.47. The molecule has 0 fully saturated rings. The van der Waals surface area contributed by atoms with Gasteiger partial charge in [0.05, 0.1) is 0 Å². The number of hydrogen-bond donors (Lipinski definition) is 1. The first kappa shape index (κ1) is 18.6. The van der Waals surface area contributed by atoms with Crippen LogP contribution in [0.15, 0.2) is 65.1 Å². The summed E-state index contributed by atoms with van der Waals surface area (Å²) in [4.78, 5) is 15.1. The minimum atomic E-state index is -0.0924. The molecule has 0 aliphatic rings. The average molecular weight is 411 g/mol. The molecule has 0 heterocycles. The highest BCUT2D eigenvalue weighted by molar-refractivity contribution is 9.10. The van der Waals surface area contributed by atoms with Gasteiger partial charge in [-0.15, -0.1) is 0 Å². The monoisotopic (exact) mass is 410 g/mol. The summed E-state index contributed by atoms with van der Waals surface area (Å²) in [6, 6.07) is 19.8. The first-order valence-corrected chi connectivity index (χ1v) is 9.71. The number of rotatable bonds is 6. The highest BCUT2D eigenvalue weighted by Gasteiger charge is 2.11. The van der Waals surface area contributed by atoms with E-state index in [0.29, 0.717) is 5.56 Å². The van der Waals surface area contributed by atoms with Crippen LogP contribution >= 0.6 is 15.9 Å². The van der Waals surface area contributed by atoms with Crippen LogP contribution in [0.2, 0.25) is 0 Å². The van der Waals surface area contributed by atoms with Crippen molar-refractivity contribution < 1.29 is 4.79 Å². The standard InChI is InChI=1S/C22H23BrN2O/c1-3-25(4-2)15-16-11-13-17(14-12-16)24-22(26)20-9-5-8-19-18(20)7-6-10-21(19)23/h5-14H,3-4,15H2,1-2H3,(H,24,26). The van der Waals surface area contributed by atoms with Gasteiger partial charge in [0.15, 0.2) is 0 Å². The fraction of sp³-hybridized carbons (Fsp3) is 0.227. The van der Waals surface area contributed by atoms with Crippen LogP contribution in [0.1, 0.15) is 29.8 Å². The molecule has 1 N–H and O–H groups in total. The minimum Gasteiger partial charge on any atom is -0.322 e. The lowest BCUT2D eigenvalue weighted by molar-refractivity contribution is 0.102. The maximum Gasteiger partial charge on any atom is 0.256 e. The van der Waals surface area contributed by atoms with Crippen molar-refractivity contribution in [3.8, 4) is 0 Å². The number of carbonyl (C=O) groups excluding carboxylic acids is 1. The Morgan fingerprint density at radius 2 is 1.58 bits per heavy atom. The summed E-state index contributed by atoms with van der Waals surface area (Å²) in [5.74, 6) is -0.0924. The molecule has 3 nitrogen and oxygen atoms in total. The molecule has 0 saturated heterocycles. The molecule has 0 unspecified atom stereocenters. The van der Waals surface area contributed by atoms with E-state index >= 15 is 0 Å². The summed E-state index contributed by atoms with van der Waals surface area (Å²) in [5, 5.41) is 4.99. The third-order valence-electron chi connectivity index (χ3n) is 4.63. The van der Waals surface area contributed by atoms with E-state index in [2.05, 4.69) is 52.1 Å². The van der Waals surface area contributed by atoms with E-state index in [0.717, 1.165) is 40.6 Å². The summed E-state index contributed by atoms with van der Waals surface area (Å²) < 4.78 is 0.991. The lowest BCUT2D eigenvalue weighted by Crippen LogP contribution is -2.22. The SMILES string of the molecule is CCN(CC)Cc1ccc(NC(=O)c2cccc3c(Br)cccc23)cc1. The number of fused-ring (bicyclic) bond motifs is 1. The van der Waals surface area contributed by atoms with Gasteiger partial charge in [-0.2, -0.15) is 0 Å². The molecule has 1 amide bonds. The van der Waals surface area contributed by atoms with E-state index in [9.17, 15) is 4.79 Å². The van der Waals surface area contributed by atoms with Crippen LogP contribution in [0.5, 0.6) is 0 Å². The second-order valence-corrected chi connectivity index (χ2v) is 7.11. The molecule has 0 atom stereocenters. The number of nitrogens with zero attached hydrogens (tertiary/aromatic N) is 1. The largest absolute Gasteiger partial charge is 0.322 e. The molecule has 0 radical (unpaired) electrons. The zero-order valence-electron chi connectivity index (χ0n) is 15.1. The van der Waals surface area contributed by atoms with Crippen molar-refractivity contribution in [2.45, 2.75) is 20.4 Å². The predicted octanol–water partition coefficient (Wildman–Crippen LogP) is 5.70. The van der Waals surface area contributed by atoms with E-state index in [1.807, 2.05) is 48.5 Å². The van der Waals surface area contributed by atoms with Crippen molar-refractivity contribution in [1.82, 2.24) is 4.90 Å². The lowest BCUT2D eigenvalue weighted by atomic mass is 10.0. The maximum absolute atomic E-state index is 12.8. The van der Waals surface area contributed by atoms with Crippen LogP contribution in [0, 0.1) is 0 Å². The molecule has 3 aromatic rings. The molecule has 0 spiro atoms. The summed E-state index contributed by atoms with van der Waals surface area (Å²) in [6.07, 6.45) is 0. The Kier molecular flexibility index (Phi) is 6.07. The molecule has 26 heavy (non-hydrogen) atoms. The van der Waals surface area contributed by atoms with Crippen LogP contribution in [0.4, 0.5) is 5.69 Å². The van der Waals surface area contributed by atoms with E-state index in [1.54, 1.807) is 0 Å². The van der Waals surface area contributed by atoms with Crippen molar-refractivity contribution in [3.05, 3.63) is 76.3 Å². The quantitative estimate of drug-likeness (QED) is 0.565. The fourth-order valence-electron chi connectivity index (χ4n) is 3.07. The number of hydrogen-bond acceptors (Lipinski definition) is 2. The van der Waals surface area contributed by atoms with Gasteiger partial charge in [0.1, 0.15) is 0 Å². The molecule has 0 aliphatic carbocycles. The van der Waals surface area contributed by atoms with Crippen LogP contribution < -0.4 is 5.32 Å². The van der Waals surface area contributed by atoms with Gasteiger partial charge in [-0.05, 0) is 53.7 Å². The van der Waals surface area contributed by atoms with Crippen molar-refractivity contribution in [2.24, 2.45) is 0 Å². The Morgan fingerprint density at radius 1 is 0.923 bits per heavy atom. The van der Waals surface area contributed by atoms with Crippen molar-refractivity contribution >= 4 is 38.3 Å². The van der Waals surface area contributed by atoms with Crippen molar-refractivity contribution in [3.63, 3.8) is 0 Å². The Balaban J connectivity index is 1.77. The molecule has 0 aliphatic heterocycles. The molecule has 134 valence electrons. The zero-order valence-corrected chi connectivity index (χ0v) is 16.7. The summed E-state index contributed by atoms with van der Waals surface area (Å²) in [6.45, 7) is 7.33. The highest BCUT2D eigenvalue weighted by Crippen LogP contribution is 2.27. The summed E-state index contributed by atoms with van der Waals surface area (Å²) in [7, 11) is 0. The van der Waals surface area contributed by atoms with Gasteiger partial charge in [0, 0.05) is 22.3 Å². The van der Waals surface area contributed by atoms with Crippen LogP contribution in [0.3, 0.4) is 0 Å². The van der Waals surface area contributed by atoms with Crippen LogP contribution in [-0.2, 0) is 6.54 Å². The number of halogens is 1. The molecule has 3 aromatic carbocycles. The zero-order chi connectivity index (χ0) is 18.5. The van der Waals surface area contributed by atoms with E-state index in [1.165, 1.54) is 5.56 Å². The number of nitrogens with one attached hydrogen (secondary N) is 1. The van der Waals surface area contributed by atoms with Crippen molar-refractivity contribution in [1.29, 1.82) is 0 Å². The minimum absolute atomic E-state index is 0.0924. The molecule has 0 saturated carbocycles. The third-order valence-corrected chi connectivity index (χ3v) is 5.32. The third kappa shape index (κ3) is 4.14. The van der Waals surface area contributed by atoms with Crippen LogP contribution in [-0.4, -0.2) is 23.9 Å². The normalized spacial score (nSPS) is 11.1. The van der Waals surface area contributed by atoms with Gasteiger partial charge >= 0.3 is 0 Å². The Hall–Kier alpha value is -2.17. The molecule has 3 rings (SSSR count). The number of carbonyl (C=O) groups is 1. The first-order valence-electron chi connectivity index (χ1n) is 8.92. The summed E-state index contributed by atoms with van der Waals surface area (Å²) in [5.41, 5.74) is 2.74. The smallest absolute Gasteiger partial charge is 0.256 e. The number of benzene rings is 3. The number of anilines is 1. The van der Waals surface area contributed by atoms with E-state index in [4.69, 9.17) is 0 Å².